The van der Waals surface area contributed by atoms with Crippen molar-refractivity contribution in [2.24, 2.45) is 4.99 Å². The van der Waals surface area contributed by atoms with Crippen molar-refractivity contribution in [1.82, 2.24) is 20.9 Å². The third-order valence-corrected chi connectivity index (χ3v) is 4.06. The van der Waals surface area contributed by atoms with E-state index in [1.807, 2.05) is 13.0 Å². The van der Waals surface area contributed by atoms with Gasteiger partial charge in [0.15, 0.2) is 5.96 Å². The molecule has 9 heteroatoms. The molecule has 0 bridgehead atoms. The molecule has 2 aromatic rings. The number of methoxy groups -OCH3 is 1. The second kappa shape index (κ2) is 14.0. The van der Waals surface area contributed by atoms with Crippen LogP contribution in [0.2, 0.25) is 5.15 Å². The summed E-state index contributed by atoms with van der Waals surface area (Å²) >= 11 is 5.79. The minimum Gasteiger partial charge on any atom is -0.497 e. The van der Waals surface area contributed by atoms with Crippen LogP contribution in [-0.4, -0.2) is 50.1 Å². The number of benzene rings is 1. The van der Waals surface area contributed by atoms with Crippen molar-refractivity contribution < 1.29 is 9.53 Å². The van der Waals surface area contributed by atoms with Crippen molar-refractivity contribution in [3.63, 3.8) is 0 Å². The summed E-state index contributed by atoms with van der Waals surface area (Å²) < 4.78 is 5.14. The maximum absolute atomic E-state index is 12.2. The van der Waals surface area contributed by atoms with Gasteiger partial charge in [-0.2, -0.15) is 0 Å². The number of rotatable bonds is 9. The van der Waals surface area contributed by atoms with Crippen molar-refractivity contribution in [1.29, 1.82) is 0 Å². The summed E-state index contributed by atoms with van der Waals surface area (Å²) in [4.78, 5) is 20.8. The van der Waals surface area contributed by atoms with Gasteiger partial charge in [0.25, 0.3) is 5.91 Å². The van der Waals surface area contributed by atoms with E-state index in [4.69, 9.17) is 16.3 Å². The van der Waals surface area contributed by atoms with Gasteiger partial charge in [0.2, 0.25) is 0 Å². The summed E-state index contributed by atoms with van der Waals surface area (Å²) in [6, 6.07) is 10.8. The summed E-state index contributed by atoms with van der Waals surface area (Å²) in [5, 5.41) is 9.75. The Balaban J connectivity index is 0.00000420. The molecule has 1 heterocycles. The lowest BCUT2D eigenvalue weighted by molar-refractivity contribution is 0.0954. The number of aromatic nitrogens is 1. The van der Waals surface area contributed by atoms with Crippen LogP contribution in [0.15, 0.2) is 47.6 Å². The van der Waals surface area contributed by atoms with Gasteiger partial charge in [-0.3, -0.25) is 9.79 Å². The fourth-order valence-corrected chi connectivity index (χ4v) is 2.53. The molecule has 0 aliphatic rings. The molecule has 158 valence electrons. The Morgan fingerprint density at radius 3 is 2.66 bits per heavy atom. The van der Waals surface area contributed by atoms with Crippen molar-refractivity contribution in [3.05, 3.63) is 58.9 Å². The highest BCUT2D eigenvalue weighted by Crippen LogP contribution is 2.12. The standard InChI is InChI=1S/C20H26ClN5O2.HI/c1-3-22-20(24-10-9-15-7-8-18(21)26-14-15)25-12-11-23-19(27)16-5-4-6-17(13-16)28-2;/h4-8,13-14H,3,9-12H2,1-2H3,(H,23,27)(H2,22,24,25);1H. The van der Waals surface area contributed by atoms with Crippen molar-refractivity contribution in [3.8, 4) is 5.75 Å². The van der Waals surface area contributed by atoms with Crippen LogP contribution in [-0.2, 0) is 6.42 Å². The Morgan fingerprint density at radius 1 is 1.17 bits per heavy atom. The predicted octanol–water partition coefficient (Wildman–Crippen LogP) is 2.89. The quantitative estimate of drug-likeness (QED) is 0.152. The van der Waals surface area contributed by atoms with Gasteiger partial charge in [0.1, 0.15) is 10.9 Å². The molecule has 29 heavy (non-hydrogen) atoms. The normalized spacial score (nSPS) is 10.7. The molecule has 7 nitrogen and oxygen atoms in total. The van der Waals surface area contributed by atoms with E-state index in [1.54, 1.807) is 43.6 Å². The molecule has 0 fully saturated rings. The number of ether oxygens (including phenoxy) is 1. The fourth-order valence-electron chi connectivity index (χ4n) is 2.42. The molecule has 0 atom stereocenters. The van der Waals surface area contributed by atoms with Crippen molar-refractivity contribution in [2.45, 2.75) is 13.3 Å². The second-order valence-corrected chi connectivity index (χ2v) is 6.30. The van der Waals surface area contributed by atoms with Gasteiger partial charge < -0.3 is 20.7 Å². The zero-order valence-electron chi connectivity index (χ0n) is 16.6. The van der Waals surface area contributed by atoms with Gasteiger partial charge in [-0.1, -0.05) is 23.7 Å². The van der Waals surface area contributed by atoms with E-state index >= 15 is 0 Å². The lowest BCUT2D eigenvalue weighted by Gasteiger charge is -2.12. The Morgan fingerprint density at radius 2 is 1.97 bits per heavy atom. The van der Waals surface area contributed by atoms with Crippen LogP contribution in [0.5, 0.6) is 5.75 Å². The first-order valence-electron chi connectivity index (χ1n) is 9.17. The second-order valence-electron chi connectivity index (χ2n) is 5.91. The third kappa shape index (κ3) is 9.31. The molecule has 1 amide bonds. The molecule has 0 spiro atoms. The van der Waals surface area contributed by atoms with Crippen LogP contribution in [0.3, 0.4) is 0 Å². The Labute approximate surface area is 193 Å². The molecular weight excluding hydrogens is 505 g/mol. The number of guanidine groups is 1. The highest BCUT2D eigenvalue weighted by molar-refractivity contribution is 14.0. The number of amides is 1. The molecular formula is C20H27ClIN5O2. The zero-order chi connectivity index (χ0) is 20.2. The number of pyridine rings is 1. The highest BCUT2D eigenvalue weighted by atomic mass is 127. The molecule has 0 aliphatic heterocycles. The van der Waals surface area contributed by atoms with E-state index in [0.717, 1.165) is 18.5 Å². The highest BCUT2D eigenvalue weighted by Gasteiger charge is 2.06. The maximum atomic E-state index is 12.2. The van der Waals surface area contributed by atoms with Gasteiger partial charge in [0, 0.05) is 37.9 Å². The third-order valence-electron chi connectivity index (χ3n) is 3.84. The van der Waals surface area contributed by atoms with E-state index in [2.05, 4.69) is 25.9 Å². The molecule has 0 radical (unpaired) electrons. The average Bonchev–Trinajstić information content (AvgIpc) is 2.72. The summed E-state index contributed by atoms with van der Waals surface area (Å²) in [5.74, 6) is 1.22. The number of carbonyl (C=O) groups excluding carboxylic acids is 1. The minimum absolute atomic E-state index is 0. The SMILES string of the molecule is CCNC(=NCCc1ccc(Cl)nc1)NCCNC(=O)c1cccc(OC)c1.I. The first kappa shape index (κ1) is 25.0. The van der Waals surface area contributed by atoms with E-state index in [0.29, 0.717) is 42.1 Å². The first-order chi connectivity index (χ1) is 13.6. The van der Waals surface area contributed by atoms with Crippen LogP contribution in [0.1, 0.15) is 22.8 Å². The summed E-state index contributed by atoms with van der Waals surface area (Å²) in [6.07, 6.45) is 2.53. The van der Waals surface area contributed by atoms with E-state index in [-0.39, 0.29) is 29.9 Å². The lowest BCUT2D eigenvalue weighted by atomic mass is 10.2. The van der Waals surface area contributed by atoms with Gasteiger partial charge in [-0.05, 0) is 43.2 Å². The Hall–Kier alpha value is -2.07. The molecule has 0 saturated carbocycles. The van der Waals surface area contributed by atoms with Crippen LogP contribution in [0.4, 0.5) is 0 Å². The Bertz CT molecular complexity index is 787. The number of carbonyl (C=O) groups is 1. The van der Waals surface area contributed by atoms with Gasteiger partial charge >= 0.3 is 0 Å². The minimum atomic E-state index is -0.141. The topological polar surface area (TPSA) is 87.6 Å². The Kier molecular flexibility index (Phi) is 12.1. The number of halogens is 2. The number of hydrogen-bond donors (Lipinski definition) is 3. The molecule has 0 aliphatic carbocycles. The summed E-state index contributed by atoms with van der Waals surface area (Å²) in [6.45, 7) is 4.41. The van der Waals surface area contributed by atoms with Crippen molar-refractivity contribution in [2.75, 3.05) is 33.3 Å². The first-order valence-corrected chi connectivity index (χ1v) is 9.55. The summed E-state index contributed by atoms with van der Waals surface area (Å²) in [5.41, 5.74) is 1.64. The maximum Gasteiger partial charge on any atom is 0.251 e. The number of aliphatic imine (C=N–C) groups is 1. The predicted molar refractivity (Wildman–Crippen MR) is 128 cm³/mol. The van der Waals surface area contributed by atoms with Crippen LogP contribution in [0, 0.1) is 0 Å². The number of hydrogen-bond acceptors (Lipinski definition) is 4. The molecule has 0 saturated heterocycles. The number of nitrogens with zero attached hydrogens (tertiary/aromatic N) is 2. The monoisotopic (exact) mass is 531 g/mol. The van der Waals surface area contributed by atoms with Gasteiger partial charge in [0.05, 0.1) is 7.11 Å². The van der Waals surface area contributed by atoms with E-state index in [9.17, 15) is 4.79 Å². The van der Waals surface area contributed by atoms with E-state index < -0.39 is 0 Å². The van der Waals surface area contributed by atoms with Gasteiger partial charge in [-0.25, -0.2) is 4.98 Å². The molecule has 3 N–H and O–H groups in total. The van der Waals surface area contributed by atoms with Crippen LogP contribution in [0.25, 0.3) is 0 Å². The average molecular weight is 532 g/mol. The zero-order valence-corrected chi connectivity index (χ0v) is 19.7. The van der Waals surface area contributed by atoms with Crippen LogP contribution < -0.4 is 20.7 Å². The smallest absolute Gasteiger partial charge is 0.251 e. The molecule has 1 aromatic carbocycles. The summed E-state index contributed by atoms with van der Waals surface area (Å²) in [7, 11) is 1.58. The van der Waals surface area contributed by atoms with Crippen molar-refractivity contribution >= 4 is 47.4 Å². The van der Waals surface area contributed by atoms with Gasteiger partial charge in [-0.15, -0.1) is 24.0 Å². The largest absolute Gasteiger partial charge is 0.497 e. The fraction of sp³-hybridized carbons (Fsp3) is 0.350. The molecule has 1 aromatic heterocycles. The number of nitrogens with one attached hydrogen (secondary N) is 3. The molecule has 0 unspecified atom stereocenters. The van der Waals surface area contributed by atoms with Crippen LogP contribution >= 0.6 is 35.6 Å². The molecule has 2 rings (SSSR count). The van der Waals surface area contributed by atoms with E-state index in [1.165, 1.54) is 0 Å². The lowest BCUT2D eigenvalue weighted by Crippen LogP contribution is -2.41.